The van der Waals surface area contributed by atoms with E-state index in [1.54, 1.807) is 12.1 Å². The molecule has 0 aromatic carbocycles. The molecule has 1 heterocycles. The summed E-state index contributed by atoms with van der Waals surface area (Å²) in [6.45, 7) is 3.85. The van der Waals surface area contributed by atoms with Crippen LogP contribution in [0.5, 0.6) is 0 Å². The lowest BCUT2D eigenvalue weighted by molar-refractivity contribution is 0.569. The Morgan fingerprint density at radius 1 is 1.41 bits per heavy atom. The molecule has 6 heteroatoms. The molecule has 0 amide bonds. The number of hydrogen-bond acceptors (Lipinski definition) is 3. The van der Waals surface area contributed by atoms with E-state index in [0.717, 1.165) is 6.42 Å². The van der Waals surface area contributed by atoms with Gasteiger partial charge >= 0.3 is 0 Å². The van der Waals surface area contributed by atoms with Crippen molar-refractivity contribution in [1.29, 1.82) is 0 Å². The normalized spacial score (nSPS) is 13.4. The third-order valence-electron chi connectivity index (χ3n) is 2.49. The van der Waals surface area contributed by atoms with Crippen molar-refractivity contribution in [2.45, 2.75) is 38.4 Å². The highest BCUT2D eigenvalue weighted by Crippen LogP contribution is 2.17. The first-order chi connectivity index (χ1) is 7.99. The van der Waals surface area contributed by atoms with Crippen LogP contribution in [-0.4, -0.2) is 18.7 Å². The van der Waals surface area contributed by atoms with Crippen LogP contribution in [0, 0.1) is 0 Å². The van der Waals surface area contributed by atoms with Crippen LogP contribution >= 0.6 is 11.6 Å². The summed E-state index contributed by atoms with van der Waals surface area (Å²) in [5.74, 6) is 0. The van der Waals surface area contributed by atoms with Crippen molar-refractivity contribution < 1.29 is 8.42 Å². The van der Waals surface area contributed by atoms with Crippen molar-refractivity contribution in [3.63, 3.8) is 0 Å². The highest BCUT2D eigenvalue weighted by molar-refractivity contribution is 7.93. The molecule has 96 valence electrons. The van der Waals surface area contributed by atoms with Gasteiger partial charge in [-0.05, 0) is 25.0 Å². The molecular weight excluding hydrogens is 260 g/mol. The van der Waals surface area contributed by atoms with Crippen LogP contribution in [0.25, 0.3) is 0 Å². The summed E-state index contributed by atoms with van der Waals surface area (Å²) < 4.78 is 26.6. The maximum absolute atomic E-state index is 12.0. The Morgan fingerprint density at radius 3 is 2.59 bits per heavy atom. The number of nitrogens with zero attached hydrogens (tertiary/aromatic N) is 1. The van der Waals surface area contributed by atoms with Crippen molar-refractivity contribution in [2.24, 2.45) is 0 Å². The van der Waals surface area contributed by atoms with E-state index >= 15 is 0 Å². The first-order valence-corrected chi connectivity index (χ1v) is 7.55. The summed E-state index contributed by atoms with van der Waals surface area (Å²) in [6, 6.07) is 3.16. The van der Waals surface area contributed by atoms with Gasteiger partial charge in [-0.25, -0.2) is 13.4 Å². The van der Waals surface area contributed by atoms with E-state index in [1.165, 1.54) is 6.20 Å². The van der Waals surface area contributed by atoms with Crippen LogP contribution in [0.3, 0.4) is 0 Å². The lowest BCUT2D eigenvalue weighted by Crippen LogP contribution is -2.27. The van der Waals surface area contributed by atoms with Gasteiger partial charge in [-0.1, -0.05) is 31.9 Å². The predicted octanol–water partition coefficient (Wildman–Crippen LogP) is 3.06. The smallest absolute Gasteiger partial charge is 0.235 e. The third-order valence-corrected chi connectivity index (χ3v) is 4.68. The Morgan fingerprint density at radius 2 is 2.12 bits per heavy atom. The molecule has 17 heavy (non-hydrogen) atoms. The van der Waals surface area contributed by atoms with Gasteiger partial charge in [0, 0.05) is 0 Å². The average Bonchev–Trinajstić information content (AvgIpc) is 2.28. The number of aromatic nitrogens is 1. The molecule has 0 bridgehead atoms. The first kappa shape index (κ1) is 14.3. The summed E-state index contributed by atoms with van der Waals surface area (Å²) in [5.41, 5.74) is 0.448. The van der Waals surface area contributed by atoms with Gasteiger partial charge in [0.25, 0.3) is 0 Å². The van der Waals surface area contributed by atoms with Crippen molar-refractivity contribution in [3.05, 3.63) is 23.5 Å². The number of pyridine rings is 1. The second kappa shape index (κ2) is 6.21. The maximum Gasteiger partial charge on any atom is 0.235 e. The lowest BCUT2D eigenvalue weighted by Gasteiger charge is -2.16. The molecule has 0 aliphatic rings. The number of hydrogen-bond donors (Lipinski definition) is 1. The fraction of sp³-hybridized carbons (Fsp3) is 0.545. The molecule has 0 aliphatic carbocycles. The minimum absolute atomic E-state index is 0.341. The summed E-state index contributed by atoms with van der Waals surface area (Å²) in [4.78, 5) is 3.83. The molecule has 1 atom stereocenters. The standard InChI is InChI=1S/C11H17ClN2O2S/c1-3-5-10(4-2)17(15,16)14-9-6-7-11(12)13-8-9/h6-8,10,14H,3-5H2,1-2H3. The van der Waals surface area contributed by atoms with Crippen LogP contribution in [-0.2, 0) is 10.0 Å². The third kappa shape index (κ3) is 4.16. The Balaban J connectivity index is 2.81. The van der Waals surface area contributed by atoms with Gasteiger partial charge in [0.05, 0.1) is 17.1 Å². The Bertz CT molecular complexity index is 445. The number of halogens is 1. The van der Waals surface area contributed by atoms with Crippen LogP contribution in [0.4, 0.5) is 5.69 Å². The Kier molecular flexibility index (Phi) is 5.21. The van der Waals surface area contributed by atoms with Gasteiger partial charge in [0.15, 0.2) is 0 Å². The second-order valence-electron chi connectivity index (χ2n) is 3.84. The summed E-state index contributed by atoms with van der Waals surface area (Å²) in [7, 11) is -3.33. The van der Waals surface area contributed by atoms with Crippen LogP contribution in [0.2, 0.25) is 5.15 Å². The average molecular weight is 277 g/mol. The minimum atomic E-state index is -3.33. The first-order valence-electron chi connectivity index (χ1n) is 5.62. The topological polar surface area (TPSA) is 59.1 Å². The molecule has 0 fully saturated rings. The van der Waals surface area contributed by atoms with E-state index in [2.05, 4.69) is 9.71 Å². The monoisotopic (exact) mass is 276 g/mol. The number of nitrogens with one attached hydrogen (secondary N) is 1. The summed E-state index contributed by atoms with van der Waals surface area (Å²) in [6.07, 6.45) is 3.52. The van der Waals surface area contributed by atoms with E-state index in [1.807, 2.05) is 13.8 Å². The van der Waals surface area contributed by atoms with Crippen molar-refractivity contribution in [2.75, 3.05) is 4.72 Å². The molecule has 4 nitrogen and oxygen atoms in total. The number of sulfonamides is 1. The Labute approximate surface area is 107 Å². The zero-order valence-electron chi connectivity index (χ0n) is 9.98. The summed E-state index contributed by atoms with van der Waals surface area (Å²) >= 11 is 5.63. The van der Waals surface area contributed by atoms with Crippen LogP contribution < -0.4 is 4.72 Å². The maximum atomic E-state index is 12.0. The van der Waals surface area contributed by atoms with E-state index in [9.17, 15) is 8.42 Å². The second-order valence-corrected chi connectivity index (χ2v) is 6.18. The number of anilines is 1. The zero-order valence-corrected chi connectivity index (χ0v) is 11.6. The molecule has 1 aromatic rings. The summed E-state index contributed by atoms with van der Waals surface area (Å²) in [5, 5.41) is -0.0169. The predicted molar refractivity (Wildman–Crippen MR) is 70.8 cm³/mol. The SMILES string of the molecule is CCCC(CC)S(=O)(=O)Nc1ccc(Cl)nc1. The zero-order chi connectivity index (χ0) is 12.9. The van der Waals surface area contributed by atoms with Gasteiger partial charge in [-0.2, -0.15) is 0 Å². The largest absolute Gasteiger partial charge is 0.282 e. The quantitative estimate of drug-likeness (QED) is 0.813. The number of rotatable bonds is 6. The van der Waals surface area contributed by atoms with Gasteiger partial charge in [0.1, 0.15) is 5.15 Å². The van der Waals surface area contributed by atoms with Crippen LogP contribution in [0.15, 0.2) is 18.3 Å². The molecule has 1 N–H and O–H groups in total. The van der Waals surface area contributed by atoms with Gasteiger partial charge in [0.2, 0.25) is 10.0 Å². The molecule has 0 radical (unpaired) electrons. The van der Waals surface area contributed by atoms with Crippen LogP contribution in [0.1, 0.15) is 33.1 Å². The lowest BCUT2D eigenvalue weighted by atomic mass is 10.2. The Hall–Kier alpha value is -0.810. The molecule has 0 saturated carbocycles. The molecular formula is C11H17ClN2O2S. The highest BCUT2D eigenvalue weighted by Gasteiger charge is 2.22. The molecule has 0 spiro atoms. The molecule has 1 unspecified atom stereocenters. The minimum Gasteiger partial charge on any atom is -0.282 e. The highest BCUT2D eigenvalue weighted by atomic mass is 35.5. The van der Waals surface area contributed by atoms with E-state index in [-0.39, 0.29) is 5.25 Å². The molecule has 1 rings (SSSR count). The van der Waals surface area contributed by atoms with E-state index in [0.29, 0.717) is 23.7 Å². The molecule has 1 aromatic heterocycles. The van der Waals surface area contributed by atoms with Gasteiger partial charge in [-0.3, -0.25) is 4.72 Å². The van der Waals surface area contributed by atoms with Crippen molar-refractivity contribution in [3.8, 4) is 0 Å². The van der Waals surface area contributed by atoms with Gasteiger partial charge < -0.3 is 0 Å². The van der Waals surface area contributed by atoms with E-state index in [4.69, 9.17) is 11.6 Å². The molecule has 0 aliphatic heterocycles. The fourth-order valence-corrected chi connectivity index (χ4v) is 3.30. The van der Waals surface area contributed by atoms with Crippen molar-refractivity contribution >= 4 is 27.3 Å². The molecule has 0 saturated heterocycles. The van der Waals surface area contributed by atoms with Gasteiger partial charge in [-0.15, -0.1) is 0 Å². The van der Waals surface area contributed by atoms with Crippen molar-refractivity contribution in [1.82, 2.24) is 4.98 Å². The fourth-order valence-electron chi connectivity index (χ4n) is 1.58. The van der Waals surface area contributed by atoms with E-state index < -0.39 is 10.0 Å².